The van der Waals surface area contributed by atoms with Crippen LogP contribution in [0, 0.1) is 12.1 Å². The van der Waals surface area contributed by atoms with Gasteiger partial charge in [0.05, 0.1) is 0 Å². The van der Waals surface area contributed by atoms with Gasteiger partial charge in [-0.05, 0) is 30.7 Å². The summed E-state index contributed by atoms with van der Waals surface area (Å²) in [6.45, 7) is 3.26. The van der Waals surface area contributed by atoms with Crippen LogP contribution in [0.15, 0.2) is 36.4 Å². The van der Waals surface area contributed by atoms with E-state index in [4.69, 9.17) is 0 Å². The van der Waals surface area contributed by atoms with Crippen molar-refractivity contribution in [3.63, 3.8) is 0 Å². The van der Waals surface area contributed by atoms with E-state index < -0.39 is 0 Å². The number of benzene rings is 2. The van der Waals surface area contributed by atoms with Crippen molar-refractivity contribution in [2.45, 2.75) is 19.9 Å². The predicted molar refractivity (Wildman–Crippen MR) is 67.4 cm³/mol. The van der Waals surface area contributed by atoms with E-state index >= 15 is 0 Å². The first-order valence-corrected chi connectivity index (χ1v) is 5.70. The molecule has 0 fully saturated rings. The van der Waals surface area contributed by atoms with Crippen molar-refractivity contribution in [3.8, 4) is 0 Å². The van der Waals surface area contributed by atoms with Crippen LogP contribution in [0.25, 0.3) is 21.8 Å². The summed E-state index contributed by atoms with van der Waals surface area (Å²) in [5, 5.41) is 2.63. The van der Waals surface area contributed by atoms with Crippen LogP contribution in [0.5, 0.6) is 0 Å². The molecule has 3 rings (SSSR count). The second kappa shape index (κ2) is 3.67. The monoisotopic (exact) mass is 207 g/mol. The van der Waals surface area contributed by atoms with Gasteiger partial charge in [-0.3, -0.25) is 0 Å². The van der Waals surface area contributed by atoms with Gasteiger partial charge in [-0.15, -0.1) is 0 Å². The summed E-state index contributed by atoms with van der Waals surface area (Å²) in [5.74, 6) is 0. The molecule has 1 nitrogen and oxygen atoms in total. The summed E-state index contributed by atoms with van der Waals surface area (Å²) in [4.78, 5) is 0. The number of nitrogens with zero attached hydrogens (tertiary/aromatic N) is 1. The third kappa shape index (κ3) is 1.25. The average Bonchev–Trinajstić information content (AvgIpc) is 2.66. The van der Waals surface area contributed by atoms with Gasteiger partial charge in [-0.25, -0.2) is 0 Å². The molecule has 2 radical (unpaired) electrons. The van der Waals surface area contributed by atoms with E-state index in [0.717, 1.165) is 13.0 Å². The molecular weight excluding hydrogens is 194 g/mol. The molecule has 3 aromatic rings. The van der Waals surface area contributed by atoms with E-state index in [1.54, 1.807) is 0 Å². The Morgan fingerprint density at radius 3 is 2.06 bits per heavy atom. The summed E-state index contributed by atoms with van der Waals surface area (Å²) in [5.41, 5.74) is 2.55. The Hall–Kier alpha value is -1.76. The third-order valence-corrected chi connectivity index (χ3v) is 3.00. The topological polar surface area (TPSA) is 4.93 Å². The quantitative estimate of drug-likeness (QED) is 0.602. The molecule has 0 saturated heterocycles. The van der Waals surface area contributed by atoms with Gasteiger partial charge in [-0.1, -0.05) is 31.2 Å². The largest absolute Gasteiger partial charge is 0.340 e. The van der Waals surface area contributed by atoms with Crippen LogP contribution < -0.4 is 0 Å². The highest BCUT2D eigenvalue weighted by Gasteiger charge is 2.07. The van der Waals surface area contributed by atoms with Crippen molar-refractivity contribution < 1.29 is 0 Å². The molecular formula is C15H13N. The smallest absolute Gasteiger partial charge is 0.0497 e. The van der Waals surface area contributed by atoms with Crippen LogP contribution in [-0.2, 0) is 6.54 Å². The molecule has 0 spiro atoms. The summed E-state index contributed by atoms with van der Waals surface area (Å²) in [6, 6.07) is 18.7. The highest BCUT2D eigenvalue weighted by molar-refractivity contribution is 6.07. The fourth-order valence-electron chi connectivity index (χ4n) is 2.34. The SMILES string of the molecule is CCCn1c2c[c]ccc2c2cc[c]cc21. The number of aryl methyl sites for hydroxylation is 1. The zero-order chi connectivity index (χ0) is 11.0. The Morgan fingerprint density at radius 2 is 1.56 bits per heavy atom. The standard InChI is InChI=1S/C15H13N/c1-2-11-16-14-9-5-3-7-12(14)13-8-4-6-10-15(13)16/h3-4,7-10H,2,11H2,1H3. The van der Waals surface area contributed by atoms with Crippen molar-refractivity contribution >= 4 is 21.8 Å². The Labute approximate surface area is 95.3 Å². The maximum atomic E-state index is 3.16. The molecule has 0 N–H and O–H groups in total. The van der Waals surface area contributed by atoms with Gasteiger partial charge in [0, 0.05) is 28.4 Å². The minimum Gasteiger partial charge on any atom is -0.340 e. The maximum Gasteiger partial charge on any atom is 0.0497 e. The van der Waals surface area contributed by atoms with Gasteiger partial charge in [0.2, 0.25) is 0 Å². The van der Waals surface area contributed by atoms with Crippen LogP contribution >= 0.6 is 0 Å². The second-order valence-electron chi connectivity index (χ2n) is 4.04. The van der Waals surface area contributed by atoms with Crippen molar-refractivity contribution in [2.75, 3.05) is 0 Å². The molecule has 1 heteroatoms. The fraction of sp³-hybridized carbons (Fsp3) is 0.200. The number of hydrogen-bond donors (Lipinski definition) is 0. The zero-order valence-corrected chi connectivity index (χ0v) is 9.33. The lowest BCUT2D eigenvalue weighted by Gasteiger charge is -2.04. The summed E-state index contributed by atoms with van der Waals surface area (Å²) in [6.07, 6.45) is 1.14. The van der Waals surface area contributed by atoms with E-state index in [0.29, 0.717) is 0 Å². The van der Waals surface area contributed by atoms with E-state index in [-0.39, 0.29) is 0 Å². The summed E-state index contributed by atoms with van der Waals surface area (Å²) in [7, 11) is 0. The molecule has 0 aliphatic carbocycles. The highest BCUT2D eigenvalue weighted by Crippen LogP contribution is 2.28. The van der Waals surface area contributed by atoms with Crippen LogP contribution in [0.4, 0.5) is 0 Å². The number of hydrogen-bond acceptors (Lipinski definition) is 0. The molecule has 16 heavy (non-hydrogen) atoms. The highest BCUT2D eigenvalue weighted by atomic mass is 15.0. The van der Waals surface area contributed by atoms with Crippen molar-refractivity contribution in [2.24, 2.45) is 0 Å². The third-order valence-electron chi connectivity index (χ3n) is 3.00. The number of rotatable bonds is 2. The van der Waals surface area contributed by atoms with Crippen molar-refractivity contribution in [1.82, 2.24) is 4.57 Å². The molecule has 0 aliphatic rings. The van der Waals surface area contributed by atoms with E-state index in [1.807, 2.05) is 12.1 Å². The molecule has 0 aliphatic heterocycles. The molecule has 1 aromatic heterocycles. The number of fused-ring (bicyclic) bond motifs is 3. The molecule has 0 unspecified atom stereocenters. The van der Waals surface area contributed by atoms with Crippen molar-refractivity contribution in [1.29, 1.82) is 0 Å². The molecule has 0 saturated carbocycles. The molecule has 1 heterocycles. The lowest BCUT2D eigenvalue weighted by molar-refractivity contribution is 0.724. The minimum absolute atomic E-state index is 1.05. The Balaban J connectivity index is 2.49. The molecule has 78 valence electrons. The van der Waals surface area contributed by atoms with E-state index in [1.165, 1.54) is 21.8 Å². The molecule has 0 bridgehead atoms. The van der Waals surface area contributed by atoms with Gasteiger partial charge in [0.25, 0.3) is 0 Å². The normalized spacial score (nSPS) is 11.3. The summed E-state index contributed by atoms with van der Waals surface area (Å²) >= 11 is 0. The van der Waals surface area contributed by atoms with Gasteiger partial charge >= 0.3 is 0 Å². The minimum atomic E-state index is 1.05. The first kappa shape index (κ1) is 9.46. The second-order valence-corrected chi connectivity index (χ2v) is 4.04. The molecule has 0 atom stereocenters. The van der Waals surface area contributed by atoms with E-state index in [9.17, 15) is 0 Å². The molecule has 2 aromatic carbocycles. The Kier molecular flexibility index (Phi) is 2.17. The lowest BCUT2D eigenvalue weighted by Crippen LogP contribution is -1.95. The van der Waals surface area contributed by atoms with Crippen LogP contribution in [0.2, 0.25) is 0 Å². The molecule has 0 amide bonds. The fourth-order valence-corrected chi connectivity index (χ4v) is 2.34. The van der Waals surface area contributed by atoms with Crippen LogP contribution in [0.1, 0.15) is 13.3 Å². The predicted octanol–water partition coefficient (Wildman–Crippen LogP) is 3.80. The van der Waals surface area contributed by atoms with Gasteiger partial charge in [-0.2, -0.15) is 0 Å². The maximum absolute atomic E-state index is 3.16. The van der Waals surface area contributed by atoms with E-state index in [2.05, 4.69) is 47.9 Å². The van der Waals surface area contributed by atoms with Crippen LogP contribution in [-0.4, -0.2) is 4.57 Å². The average molecular weight is 207 g/mol. The first-order valence-electron chi connectivity index (χ1n) is 5.70. The van der Waals surface area contributed by atoms with Gasteiger partial charge in [0.1, 0.15) is 0 Å². The zero-order valence-electron chi connectivity index (χ0n) is 9.33. The van der Waals surface area contributed by atoms with Crippen molar-refractivity contribution in [3.05, 3.63) is 48.5 Å². The summed E-state index contributed by atoms with van der Waals surface area (Å²) < 4.78 is 2.36. The van der Waals surface area contributed by atoms with Crippen LogP contribution in [0.3, 0.4) is 0 Å². The first-order chi connectivity index (χ1) is 7.92. The number of aromatic nitrogens is 1. The van der Waals surface area contributed by atoms with Gasteiger partial charge in [0.15, 0.2) is 0 Å². The van der Waals surface area contributed by atoms with Gasteiger partial charge < -0.3 is 4.57 Å². The Morgan fingerprint density at radius 1 is 1.00 bits per heavy atom. The lowest BCUT2D eigenvalue weighted by atomic mass is 10.2. The Bertz CT molecular complexity index is 581.